The van der Waals surface area contributed by atoms with E-state index in [-0.39, 0.29) is 41.4 Å². The number of anilines is 2. The number of halogens is 1. The number of nitrogens with zero attached hydrogens (tertiary/aromatic N) is 1. The van der Waals surface area contributed by atoms with Gasteiger partial charge >= 0.3 is 0 Å². The van der Waals surface area contributed by atoms with Gasteiger partial charge in [-0.3, -0.25) is 15.5 Å². The first-order chi connectivity index (χ1) is 16.8. The summed E-state index contributed by atoms with van der Waals surface area (Å²) in [5.74, 6) is -0.160. The second kappa shape index (κ2) is 12.2. The van der Waals surface area contributed by atoms with E-state index >= 15 is 0 Å². The van der Waals surface area contributed by atoms with E-state index in [0.29, 0.717) is 12.3 Å². The molecule has 0 radical (unpaired) electrons. The van der Waals surface area contributed by atoms with Crippen molar-refractivity contribution >= 4 is 45.6 Å². The number of ether oxygens (including phenoxy) is 1. The zero-order valence-electron chi connectivity index (χ0n) is 19.1. The van der Waals surface area contributed by atoms with Gasteiger partial charge in [0.05, 0.1) is 18.0 Å². The molecule has 3 aromatic rings. The van der Waals surface area contributed by atoms with Gasteiger partial charge in [0.25, 0.3) is 5.91 Å². The molecule has 1 atom stereocenters. The van der Waals surface area contributed by atoms with Crippen LogP contribution in [0.1, 0.15) is 28.9 Å². The van der Waals surface area contributed by atoms with E-state index in [0.717, 1.165) is 30.0 Å². The van der Waals surface area contributed by atoms with Gasteiger partial charge in [-0.25, -0.2) is 4.98 Å². The Morgan fingerprint density at radius 2 is 1.86 bits per heavy atom. The van der Waals surface area contributed by atoms with Gasteiger partial charge in [-0.15, -0.1) is 0 Å². The van der Waals surface area contributed by atoms with Crippen molar-refractivity contribution in [3.8, 4) is 5.75 Å². The van der Waals surface area contributed by atoms with E-state index in [2.05, 4.69) is 27.8 Å². The van der Waals surface area contributed by atoms with Crippen LogP contribution in [0.5, 0.6) is 5.75 Å². The molecular formula is C24H29ClN6O4. The summed E-state index contributed by atoms with van der Waals surface area (Å²) in [6.45, 7) is 0.211. The number of rotatable bonds is 10. The number of aliphatic hydroxyl groups is 2. The molecule has 0 bridgehead atoms. The van der Waals surface area contributed by atoms with Gasteiger partial charge in [0.15, 0.2) is 16.8 Å². The number of aromatic nitrogens is 1. The van der Waals surface area contributed by atoms with E-state index in [1.165, 1.54) is 11.6 Å². The van der Waals surface area contributed by atoms with Crippen molar-refractivity contribution in [2.75, 3.05) is 31.2 Å². The van der Waals surface area contributed by atoms with Crippen LogP contribution in [0.2, 0.25) is 5.15 Å². The van der Waals surface area contributed by atoms with Gasteiger partial charge in [-0.1, -0.05) is 35.9 Å². The van der Waals surface area contributed by atoms with E-state index < -0.39 is 12.0 Å². The van der Waals surface area contributed by atoms with Crippen LogP contribution in [0, 0.1) is 5.41 Å². The van der Waals surface area contributed by atoms with Crippen molar-refractivity contribution in [1.29, 1.82) is 5.41 Å². The fourth-order valence-electron chi connectivity index (χ4n) is 3.35. The number of nitrogen functional groups attached to an aromatic ring is 2. The number of amides is 1. The minimum Gasteiger partial charge on any atom is -0.491 e. The number of pyridine rings is 1. The molecular weight excluding hydrogens is 472 g/mol. The number of unbranched alkanes of at least 4 members (excludes halogenated alkanes) is 1. The number of carbonyl (C=O) groups excluding carboxylic acids is 1. The van der Waals surface area contributed by atoms with Crippen LogP contribution >= 0.6 is 11.6 Å². The second-order valence-corrected chi connectivity index (χ2v) is 8.37. The number of aliphatic hydroxyl groups excluding tert-OH is 2. The molecule has 11 heteroatoms. The maximum Gasteiger partial charge on any atom is 0.278 e. The number of aryl methyl sites for hydroxylation is 1. The van der Waals surface area contributed by atoms with Crippen LogP contribution in [0.15, 0.2) is 42.5 Å². The van der Waals surface area contributed by atoms with Crippen molar-refractivity contribution in [3.63, 3.8) is 0 Å². The first-order valence-electron chi connectivity index (χ1n) is 11.1. The standard InChI is InChI=1S/C24H29ClN6O4/c25-22-20(27)11-19(26)21(30-22)23(34)31-24(28)29-8-2-1-3-14-4-5-16-10-18(7-6-15(16)9-14)35-13-17(33)12-32/h4-7,9-11,17,32-33H,1-3,8,12-13,26-27H2,(H3,28,29,31,34). The Labute approximate surface area is 207 Å². The number of hydrogen-bond donors (Lipinski definition) is 7. The lowest BCUT2D eigenvalue weighted by Gasteiger charge is -2.11. The third-order valence-corrected chi connectivity index (χ3v) is 5.51. The van der Waals surface area contributed by atoms with Crippen molar-refractivity contribution < 1.29 is 19.7 Å². The molecule has 1 amide bonds. The van der Waals surface area contributed by atoms with E-state index in [1.54, 1.807) is 0 Å². The fraction of sp³-hybridized carbons (Fsp3) is 0.292. The lowest BCUT2D eigenvalue weighted by molar-refractivity contribution is 0.0536. The largest absolute Gasteiger partial charge is 0.491 e. The molecule has 186 valence electrons. The Bertz CT molecular complexity index is 1210. The molecule has 9 N–H and O–H groups in total. The number of guanidine groups is 1. The summed E-state index contributed by atoms with van der Waals surface area (Å²) in [6, 6.07) is 13.2. The predicted molar refractivity (Wildman–Crippen MR) is 137 cm³/mol. The van der Waals surface area contributed by atoms with E-state index in [9.17, 15) is 9.90 Å². The Morgan fingerprint density at radius 3 is 2.63 bits per heavy atom. The maximum absolute atomic E-state index is 12.3. The summed E-state index contributed by atoms with van der Waals surface area (Å²) in [6.07, 6.45) is 1.65. The van der Waals surface area contributed by atoms with Gasteiger partial charge < -0.3 is 31.7 Å². The summed E-state index contributed by atoms with van der Waals surface area (Å²) >= 11 is 5.84. The third kappa shape index (κ3) is 7.44. The van der Waals surface area contributed by atoms with Gasteiger partial charge in [0, 0.05) is 6.54 Å². The highest BCUT2D eigenvalue weighted by Crippen LogP contribution is 2.23. The molecule has 0 fully saturated rings. The molecule has 0 spiro atoms. The highest BCUT2D eigenvalue weighted by atomic mass is 35.5. The molecule has 35 heavy (non-hydrogen) atoms. The van der Waals surface area contributed by atoms with Crippen LogP contribution in [-0.4, -0.2) is 52.9 Å². The molecule has 1 unspecified atom stereocenters. The average Bonchev–Trinajstić information content (AvgIpc) is 2.84. The number of fused-ring (bicyclic) bond motifs is 1. The molecule has 0 saturated carbocycles. The lowest BCUT2D eigenvalue weighted by Crippen LogP contribution is -2.41. The molecule has 1 heterocycles. The molecule has 1 aromatic heterocycles. The zero-order valence-corrected chi connectivity index (χ0v) is 19.8. The van der Waals surface area contributed by atoms with Crippen LogP contribution in [0.4, 0.5) is 11.4 Å². The van der Waals surface area contributed by atoms with Crippen molar-refractivity contribution in [2.24, 2.45) is 0 Å². The molecule has 10 nitrogen and oxygen atoms in total. The minimum absolute atomic E-state index is 0.0239. The highest BCUT2D eigenvalue weighted by Gasteiger charge is 2.15. The SMILES string of the molecule is N=C(NCCCCc1ccc2cc(OCC(O)CO)ccc2c1)NC(=O)c1nc(Cl)c(N)cc1N. The van der Waals surface area contributed by atoms with Crippen LogP contribution in [-0.2, 0) is 6.42 Å². The Morgan fingerprint density at radius 1 is 1.11 bits per heavy atom. The van der Waals surface area contributed by atoms with Gasteiger partial charge in [0.2, 0.25) is 0 Å². The Hall–Kier alpha value is -3.60. The van der Waals surface area contributed by atoms with Gasteiger partial charge in [-0.05, 0) is 53.8 Å². The number of nitrogens with two attached hydrogens (primary N) is 2. The second-order valence-electron chi connectivity index (χ2n) is 8.01. The van der Waals surface area contributed by atoms with Crippen molar-refractivity contribution in [2.45, 2.75) is 25.4 Å². The van der Waals surface area contributed by atoms with Crippen LogP contribution in [0.3, 0.4) is 0 Å². The number of benzene rings is 2. The summed E-state index contributed by atoms with van der Waals surface area (Å²) in [5, 5.41) is 33.5. The molecule has 0 saturated heterocycles. The van der Waals surface area contributed by atoms with Crippen molar-refractivity contribution in [1.82, 2.24) is 15.6 Å². The Balaban J connectivity index is 1.41. The lowest BCUT2D eigenvalue weighted by atomic mass is 10.0. The number of carbonyl (C=O) groups is 1. The molecule has 2 aromatic carbocycles. The topological polar surface area (TPSA) is 180 Å². The monoisotopic (exact) mass is 500 g/mol. The van der Waals surface area contributed by atoms with E-state index in [1.807, 2.05) is 24.3 Å². The number of hydrogen-bond acceptors (Lipinski definition) is 8. The molecule has 3 rings (SSSR count). The maximum atomic E-state index is 12.3. The molecule has 0 aliphatic heterocycles. The molecule has 0 aliphatic rings. The quantitative estimate of drug-likeness (QED) is 0.0955. The zero-order chi connectivity index (χ0) is 25.4. The fourth-order valence-corrected chi connectivity index (χ4v) is 3.49. The third-order valence-electron chi connectivity index (χ3n) is 5.21. The minimum atomic E-state index is -0.902. The summed E-state index contributed by atoms with van der Waals surface area (Å²) in [4.78, 5) is 16.1. The predicted octanol–water partition coefficient (Wildman–Crippen LogP) is 2.06. The van der Waals surface area contributed by atoms with Crippen LogP contribution < -0.4 is 26.8 Å². The molecule has 0 aliphatic carbocycles. The summed E-state index contributed by atoms with van der Waals surface area (Å²) in [7, 11) is 0. The first kappa shape index (κ1) is 26.0. The summed E-state index contributed by atoms with van der Waals surface area (Å²) in [5.41, 5.74) is 12.7. The first-order valence-corrected chi connectivity index (χ1v) is 11.4. The highest BCUT2D eigenvalue weighted by molar-refractivity contribution is 6.32. The van der Waals surface area contributed by atoms with Gasteiger partial charge in [-0.2, -0.15) is 0 Å². The smallest absolute Gasteiger partial charge is 0.278 e. The average molecular weight is 501 g/mol. The van der Waals surface area contributed by atoms with Crippen molar-refractivity contribution in [3.05, 3.63) is 58.9 Å². The van der Waals surface area contributed by atoms with E-state index in [4.69, 9.17) is 38.3 Å². The van der Waals surface area contributed by atoms with Gasteiger partial charge in [0.1, 0.15) is 18.5 Å². The van der Waals surface area contributed by atoms with Crippen LogP contribution in [0.25, 0.3) is 10.8 Å². The summed E-state index contributed by atoms with van der Waals surface area (Å²) < 4.78 is 5.49. The Kier molecular flexibility index (Phi) is 9.07. The number of nitrogens with one attached hydrogen (secondary N) is 3. The normalized spacial score (nSPS) is 11.7.